The second-order valence-corrected chi connectivity index (χ2v) is 7.19. The first-order chi connectivity index (χ1) is 13.0. The minimum Gasteiger partial charge on any atom is -0.372 e. The fourth-order valence-electron chi connectivity index (χ4n) is 3.38. The van der Waals surface area contributed by atoms with Crippen LogP contribution in [0.4, 0.5) is 17.5 Å². The van der Waals surface area contributed by atoms with Crippen LogP contribution in [0.1, 0.15) is 25.0 Å². The van der Waals surface area contributed by atoms with Crippen molar-refractivity contribution < 1.29 is 4.74 Å². The monoisotopic (exact) mass is 364 g/mol. The van der Waals surface area contributed by atoms with Crippen molar-refractivity contribution in [2.75, 3.05) is 23.3 Å². The third-order valence-electron chi connectivity index (χ3n) is 4.79. The van der Waals surface area contributed by atoms with Crippen LogP contribution in [0.5, 0.6) is 0 Å². The molecule has 0 bridgehead atoms. The third kappa shape index (κ3) is 3.68. The minimum atomic E-state index is 0.131. The average Bonchev–Trinajstić information content (AvgIpc) is 2.64. The van der Waals surface area contributed by atoms with Crippen LogP contribution in [-0.2, 0) is 4.74 Å². The Bertz CT molecular complexity index is 966. The average molecular weight is 364 g/mol. The molecule has 4 rings (SSSR count). The Morgan fingerprint density at radius 3 is 2.48 bits per heavy atom. The van der Waals surface area contributed by atoms with Crippen LogP contribution >= 0.6 is 0 Å². The number of hydrogen-bond acceptors (Lipinski definition) is 7. The second-order valence-electron chi connectivity index (χ2n) is 7.19. The summed E-state index contributed by atoms with van der Waals surface area (Å²) >= 11 is 0. The highest BCUT2D eigenvalue weighted by atomic mass is 16.5. The normalized spacial score (nSPS) is 20.1. The van der Waals surface area contributed by atoms with Gasteiger partial charge in [0.2, 0.25) is 5.95 Å². The van der Waals surface area contributed by atoms with E-state index in [1.165, 1.54) is 11.1 Å². The van der Waals surface area contributed by atoms with E-state index in [-0.39, 0.29) is 12.2 Å². The smallest absolute Gasteiger partial charge is 0.229 e. The van der Waals surface area contributed by atoms with Crippen LogP contribution in [0.3, 0.4) is 0 Å². The van der Waals surface area contributed by atoms with Crippen LogP contribution in [0.15, 0.2) is 30.6 Å². The predicted octanol–water partition coefficient (Wildman–Crippen LogP) is 3.39. The summed E-state index contributed by atoms with van der Waals surface area (Å²) in [5, 5.41) is 3.41. The topological polar surface area (TPSA) is 76.1 Å². The molecule has 0 aliphatic carbocycles. The lowest BCUT2D eigenvalue weighted by Crippen LogP contribution is -2.46. The molecule has 7 nitrogen and oxygen atoms in total. The molecule has 3 aromatic rings. The maximum Gasteiger partial charge on any atom is 0.229 e. The fraction of sp³-hybridized carbons (Fsp3) is 0.400. The summed E-state index contributed by atoms with van der Waals surface area (Å²) in [7, 11) is 0. The Kier molecular flexibility index (Phi) is 4.61. The Balaban J connectivity index is 1.75. The molecular weight excluding hydrogens is 340 g/mol. The molecule has 1 fully saturated rings. The van der Waals surface area contributed by atoms with Gasteiger partial charge in [-0.3, -0.25) is 0 Å². The SMILES string of the molecule is Cc1ccc(Nc2nc(N3C[C@H](C)O[C@@H](C)C3)nc3nccnc23)cc1C. The number of nitrogens with one attached hydrogen (secondary N) is 1. The summed E-state index contributed by atoms with van der Waals surface area (Å²) in [6.45, 7) is 9.83. The van der Waals surface area contributed by atoms with Gasteiger partial charge in [-0.05, 0) is 51.0 Å². The van der Waals surface area contributed by atoms with Gasteiger partial charge in [0.15, 0.2) is 17.0 Å². The lowest BCUT2D eigenvalue weighted by Gasteiger charge is -2.35. The summed E-state index contributed by atoms with van der Waals surface area (Å²) in [5.74, 6) is 1.31. The molecule has 0 spiro atoms. The fourth-order valence-corrected chi connectivity index (χ4v) is 3.38. The standard InChI is InChI=1S/C20H24N6O/c1-12-5-6-16(9-13(12)2)23-19-17-18(22-8-7-21-17)24-20(25-19)26-10-14(3)27-15(4)11-26/h5-9,14-15H,10-11H2,1-4H3,(H,22,23,24,25)/t14-,15-/m0/s1. The van der Waals surface area contributed by atoms with E-state index in [2.05, 4.69) is 65.0 Å². The molecule has 0 amide bonds. The van der Waals surface area contributed by atoms with Crippen molar-refractivity contribution in [1.29, 1.82) is 0 Å². The van der Waals surface area contributed by atoms with Crippen molar-refractivity contribution in [1.82, 2.24) is 19.9 Å². The molecule has 7 heteroatoms. The van der Waals surface area contributed by atoms with Gasteiger partial charge in [-0.25, -0.2) is 9.97 Å². The van der Waals surface area contributed by atoms with Crippen molar-refractivity contribution in [2.24, 2.45) is 0 Å². The van der Waals surface area contributed by atoms with Gasteiger partial charge in [-0.15, -0.1) is 0 Å². The molecule has 2 atom stereocenters. The molecule has 1 aliphatic rings. The number of anilines is 3. The van der Waals surface area contributed by atoms with Crippen LogP contribution in [0, 0.1) is 13.8 Å². The quantitative estimate of drug-likeness (QED) is 0.763. The van der Waals surface area contributed by atoms with Gasteiger partial charge in [-0.2, -0.15) is 9.97 Å². The molecular formula is C20H24N6O. The molecule has 0 saturated carbocycles. The summed E-state index contributed by atoms with van der Waals surface area (Å²) in [6.07, 6.45) is 3.58. The molecule has 27 heavy (non-hydrogen) atoms. The molecule has 0 radical (unpaired) electrons. The number of aryl methyl sites for hydroxylation is 2. The summed E-state index contributed by atoms with van der Waals surface area (Å²) in [6, 6.07) is 6.25. The molecule has 1 N–H and O–H groups in total. The van der Waals surface area contributed by atoms with E-state index in [9.17, 15) is 0 Å². The number of hydrogen-bond donors (Lipinski definition) is 1. The highest BCUT2D eigenvalue weighted by molar-refractivity contribution is 5.85. The van der Waals surface area contributed by atoms with Crippen molar-refractivity contribution in [2.45, 2.75) is 39.9 Å². The van der Waals surface area contributed by atoms with Crippen LogP contribution in [0.2, 0.25) is 0 Å². The summed E-state index contributed by atoms with van der Waals surface area (Å²) < 4.78 is 5.83. The summed E-state index contributed by atoms with van der Waals surface area (Å²) in [5.41, 5.74) is 4.69. The molecule has 1 saturated heterocycles. The Hall–Kier alpha value is -2.80. The minimum absolute atomic E-state index is 0.131. The second kappa shape index (κ2) is 7.08. The van der Waals surface area contributed by atoms with Gasteiger partial charge < -0.3 is 15.0 Å². The molecule has 1 aliphatic heterocycles. The zero-order chi connectivity index (χ0) is 19.0. The third-order valence-corrected chi connectivity index (χ3v) is 4.79. The van der Waals surface area contributed by atoms with Crippen molar-refractivity contribution in [3.05, 3.63) is 41.7 Å². The van der Waals surface area contributed by atoms with E-state index in [4.69, 9.17) is 9.72 Å². The molecule has 0 unspecified atom stereocenters. The first-order valence-electron chi connectivity index (χ1n) is 9.23. The first-order valence-corrected chi connectivity index (χ1v) is 9.23. The maximum atomic E-state index is 5.83. The highest BCUT2D eigenvalue weighted by Gasteiger charge is 2.25. The van der Waals surface area contributed by atoms with Gasteiger partial charge in [0.1, 0.15) is 0 Å². The number of ether oxygens (including phenoxy) is 1. The number of morpholine rings is 1. The van der Waals surface area contributed by atoms with Gasteiger partial charge in [-0.1, -0.05) is 6.07 Å². The Morgan fingerprint density at radius 2 is 1.74 bits per heavy atom. The summed E-state index contributed by atoms with van der Waals surface area (Å²) in [4.78, 5) is 20.4. The van der Waals surface area contributed by atoms with E-state index in [0.29, 0.717) is 22.9 Å². The van der Waals surface area contributed by atoms with Crippen molar-refractivity contribution in [3.63, 3.8) is 0 Å². The van der Waals surface area contributed by atoms with E-state index in [0.717, 1.165) is 18.8 Å². The lowest BCUT2D eigenvalue weighted by molar-refractivity contribution is -0.00569. The van der Waals surface area contributed by atoms with Crippen LogP contribution < -0.4 is 10.2 Å². The molecule has 1 aromatic carbocycles. The zero-order valence-corrected chi connectivity index (χ0v) is 16.1. The van der Waals surface area contributed by atoms with E-state index < -0.39 is 0 Å². The zero-order valence-electron chi connectivity index (χ0n) is 16.1. The number of nitrogens with zero attached hydrogens (tertiary/aromatic N) is 5. The van der Waals surface area contributed by atoms with Gasteiger partial charge in [0.25, 0.3) is 0 Å². The van der Waals surface area contributed by atoms with Crippen LogP contribution in [0.25, 0.3) is 11.2 Å². The van der Waals surface area contributed by atoms with E-state index in [1.807, 2.05) is 6.07 Å². The van der Waals surface area contributed by atoms with Crippen molar-refractivity contribution >= 4 is 28.6 Å². The lowest BCUT2D eigenvalue weighted by atomic mass is 10.1. The number of fused-ring (bicyclic) bond motifs is 1. The van der Waals surface area contributed by atoms with Crippen LogP contribution in [-0.4, -0.2) is 45.2 Å². The Labute approximate surface area is 158 Å². The van der Waals surface area contributed by atoms with Gasteiger partial charge in [0, 0.05) is 31.2 Å². The van der Waals surface area contributed by atoms with E-state index >= 15 is 0 Å². The first kappa shape index (κ1) is 17.6. The highest BCUT2D eigenvalue weighted by Crippen LogP contribution is 2.26. The Morgan fingerprint density at radius 1 is 1.00 bits per heavy atom. The maximum absolute atomic E-state index is 5.83. The molecule has 140 valence electrons. The van der Waals surface area contributed by atoms with E-state index in [1.54, 1.807) is 12.4 Å². The largest absolute Gasteiger partial charge is 0.372 e. The molecule has 2 aromatic heterocycles. The number of aromatic nitrogens is 4. The van der Waals surface area contributed by atoms with Gasteiger partial charge in [0.05, 0.1) is 12.2 Å². The van der Waals surface area contributed by atoms with Crippen molar-refractivity contribution in [3.8, 4) is 0 Å². The number of benzene rings is 1. The molecule has 3 heterocycles. The van der Waals surface area contributed by atoms with Gasteiger partial charge >= 0.3 is 0 Å². The predicted molar refractivity (Wildman–Crippen MR) is 107 cm³/mol. The number of rotatable bonds is 3.